The number of hydrogen-bond donors (Lipinski definition) is 0. The number of aryl methyl sites for hydroxylation is 1. The van der Waals surface area contributed by atoms with Crippen molar-refractivity contribution in [2.24, 2.45) is 0 Å². The van der Waals surface area contributed by atoms with Crippen LogP contribution in [0.15, 0.2) is 48.7 Å². The molecule has 6 heteroatoms. The van der Waals surface area contributed by atoms with Crippen LogP contribution < -0.4 is 4.74 Å². The van der Waals surface area contributed by atoms with Gasteiger partial charge in [-0.25, -0.2) is 4.98 Å². The van der Waals surface area contributed by atoms with E-state index >= 15 is 0 Å². The monoisotopic (exact) mass is 378 g/mol. The molecule has 0 N–H and O–H groups in total. The molecule has 0 aliphatic heterocycles. The Morgan fingerprint density at radius 1 is 1.00 bits per heavy atom. The van der Waals surface area contributed by atoms with Crippen LogP contribution in [0.2, 0.25) is 0 Å². The van der Waals surface area contributed by atoms with Crippen LogP contribution in [0, 0.1) is 6.92 Å². The largest absolute Gasteiger partial charge is 0.474 e. The van der Waals surface area contributed by atoms with Crippen molar-refractivity contribution < 1.29 is 9.47 Å². The molecule has 0 unspecified atom stereocenters. The van der Waals surface area contributed by atoms with Crippen molar-refractivity contribution in [1.82, 2.24) is 19.7 Å². The average Bonchev–Trinajstić information content (AvgIpc) is 3.14. The van der Waals surface area contributed by atoms with Gasteiger partial charge >= 0.3 is 0 Å². The van der Waals surface area contributed by atoms with Gasteiger partial charge in [0.1, 0.15) is 18.5 Å². The summed E-state index contributed by atoms with van der Waals surface area (Å²) in [6.07, 6.45) is 5.99. The molecule has 1 saturated carbocycles. The van der Waals surface area contributed by atoms with Crippen LogP contribution >= 0.6 is 0 Å². The van der Waals surface area contributed by atoms with Crippen LogP contribution in [0.3, 0.4) is 0 Å². The van der Waals surface area contributed by atoms with Gasteiger partial charge in [-0.3, -0.25) is 4.57 Å². The third-order valence-electron chi connectivity index (χ3n) is 5.29. The number of benzene rings is 1. The van der Waals surface area contributed by atoms with E-state index in [1.165, 1.54) is 5.56 Å². The second kappa shape index (κ2) is 8.52. The van der Waals surface area contributed by atoms with Gasteiger partial charge in [0.2, 0.25) is 5.88 Å². The van der Waals surface area contributed by atoms with E-state index in [2.05, 4.69) is 50.9 Å². The first-order valence-electron chi connectivity index (χ1n) is 9.82. The molecule has 1 fully saturated rings. The molecule has 2 aromatic heterocycles. The summed E-state index contributed by atoms with van der Waals surface area (Å²) in [4.78, 5) is 4.27. The lowest BCUT2D eigenvalue weighted by Crippen LogP contribution is -2.25. The molecule has 0 radical (unpaired) electrons. The van der Waals surface area contributed by atoms with E-state index in [-0.39, 0.29) is 6.10 Å². The van der Waals surface area contributed by atoms with E-state index in [1.54, 1.807) is 13.3 Å². The van der Waals surface area contributed by atoms with E-state index in [1.807, 2.05) is 18.2 Å². The van der Waals surface area contributed by atoms with Crippen LogP contribution in [0.4, 0.5) is 0 Å². The van der Waals surface area contributed by atoms with Gasteiger partial charge in [0, 0.05) is 31.0 Å². The Bertz CT molecular complexity index is 885. The van der Waals surface area contributed by atoms with E-state index in [0.717, 1.165) is 43.0 Å². The minimum absolute atomic E-state index is 0.209. The summed E-state index contributed by atoms with van der Waals surface area (Å²) in [5.74, 6) is 2.93. The normalized spacial score (nSPS) is 19.5. The molecule has 6 nitrogen and oxygen atoms in total. The molecule has 0 atom stereocenters. The van der Waals surface area contributed by atoms with E-state index < -0.39 is 0 Å². The van der Waals surface area contributed by atoms with Crippen molar-refractivity contribution >= 4 is 0 Å². The zero-order chi connectivity index (χ0) is 19.3. The maximum absolute atomic E-state index is 6.04. The maximum atomic E-state index is 6.04. The molecule has 0 spiro atoms. The maximum Gasteiger partial charge on any atom is 0.213 e. The highest BCUT2D eigenvalue weighted by molar-refractivity contribution is 5.37. The highest BCUT2D eigenvalue weighted by Crippen LogP contribution is 2.35. The van der Waals surface area contributed by atoms with Gasteiger partial charge in [-0.05, 0) is 50.8 Å². The Morgan fingerprint density at radius 3 is 2.46 bits per heavy atom. The molecular formula is C22H26N4O2. The second-order valence-electron chi connectivity index (χ2n) is 7.34. The Balaban J connectivity index is 1.51. The van der Waals surface area contributed by atoms with Crippen molar-refractivity contribution in [2.75, 3.05) is 7.11 Å². The van der Waals surface area contributed by atoms with Crippen LogP contribution in [0.1, 0.15) is 48.8 Å². The molecule has 0 bridgehead atoms. The quantitative estimate of drug-likeness (QED) is 0.643. The molecule has 3 aromatic rings. The van der Waals surface area contributed by atoms with E-state index in [4.69, 9.17) is 9.47 Å². The Morgan fingerprint density at radius 2 is 1.79 bits per heavy atom. The lowest BCUT2D eigenvalue weighted by molar-refractivity contribution is 0.138. The third-order valence-corrected chi connectivity index (χ3v) is 5.29. The third kappa shape index (κ3) is 4.07. The van der Waals surface area contributed by atoms with Gasteiger partial charge in [0.05, 0.1) is 0 Å². The van der Waals surface area contributed by atoms with Gasteiger partial charge in [-0.15, -0.1) is 10.2 Å². The predicted octanol–water partition coefficient (Wildman–Crippen LogP) is 4.22. The molecule has 1 aliphatic rings. The van der Waals surface area contributed by atoms with Crippen molar-refractivity contribution in [3.63, 3.8) is 0 Å². The molecule has 146 valence electrons. The fourth-order valence-electron chi connectivity index (χ4n) is 3.82. The number of rotatable bonds is 6. The standard InChI is InChI=1S/C22H26N4O2/c1-16-6-10-18(11-7-16)26-20(15-27-2)24-25-22(26)17-8-12-19(13-9-17)28-21-5-3-4-14-23-21/h3-7,10-11,14,17,19H,8-9,12-13,15H2,1-2H3/t17-,19-. The predicted molar refractivity (Wildman–Crippen MR) is 107 cm³/mol. The SMILES string of the molecule is COCc1nnc([C@H]2CC[C@H](Oc3ccccn3)CC2)n1-c1ccc(C)cc1. The van der Waals surface area contributed by atoms with Gasteiger partial charge in [0.15, 0.2) is 5.82 Å². The number of nitrogens with zero attached hydrogens (tertiary/aromatic N) is 4. The molecule has 0 saturated heterocycles. The molecule has 28 heavy (non-hydrogen) atoms. The topological polar surface area (TPSA) is 62.1 Å². The number of ether oxygens (including phenoxy) is 2. The van der Waals surface area contributed by atoms with Crippen LogP contribution in [0.5, 0.6) is 5.88 Å². The van der Waals surface area contributed by atoms with E-state index in [9.17, 15) is 0 Å². The van der Waals surface area contributed by atoms with Crippen molar-refractivity contribution in [2.45, 2.75) is 51.2 Å². The Kier molecular flexibility index (Phi) is 5.67. The average molecular weight is 378 g/mol. The first-order valence-corrected chi connectivity index (χ1v) is 9.82. The molecular weight excluding hydrogens is 352 g/mol. The van der Waals surface area contributed by atoms with Crippen LogP contribution in [-0.4, -0.2) is 33.0 Å². The zero-order valence-electron chi connectivity index (χ0n) is 16.4. The van der Waals surface area contributed by atoms with Gasteiger partial charge in [-0.1, -0.05) is 23.8 Å². The highest BCUT2D eigenvalue weighted by atomic mass is 16.5. The minimum Gasteiger partial charge on any atom is -0.474 e. The van der Waals surface area contributed by atoms with Gasteiger partial charge in [-0.2, -0.15) is 0 Å². The summed E-state index contributed by atoms with van der Waals surface area (Å²) in [5.41, 5.74) is 2.32. The lowest BCUT2D eigenvalue weighted by atomic mass is 9.86. The van der Waals surface area contributed by atoms with Crippen molar-refractivity contribution in [3.05, 3.63) is 65.9 Å². The lowest BCUT2D eigenvalue weighted by Gasteiger charge is -2.28. The zero-order valence-corrected chi connectivity index (χ0v) is 16.4. The fraction of sp³-hybridized carbons (Fsp3) is 0.409. The van der Waals surface area contributed by atoms with E-state index in [0.29, 0.717) is 18.4 Å². The van der Waals surface area contributed by atoms with Gasteiger partial charge in [0.25, 0.3) is 0 Å². The van der Waals surface area contributed by atoms with Crippen molar-refractivity contribution in [1.29, 1.82) is 0 Å². The Labute approximate surface area is 165 Å². The minimum atomic E-state index is 0.209. The molecule has 4 rings (SSSR count). The summed E-state index contributed by atoms with van der Waals surface area (Å²) in [6, 6.07) is 14.3. The first-order chi connectivity index (χ1) is 13.7. The first kappa shape index (κ1) is 18.6. The number of hydrogen-bond acceptors (Lipinski definition) is 5. The van der Waals surface area contributed by atoms with Gasteiger partial charge < -0.3 is 9.47 Å². The smallest absolute Gasteiger partial charge is 0.213 e. The summed E-state index contributed by atoms with van der Waals surface area (Å²) in [7, 11) is 1.69. The molecule has 0 amide bonds. The second-order valence-corrected chi connectivity index (χ2v) is 7.34. The highest BCUT2D eigenvalue weighted by Gasteiger charge is 2.28. The summed E-state index contributed by atoms with van der Waals surface area (Å²) >= 11 is 0. The molecule has 2 heterocycles. The number of aromatic nitrogens is 4. The number of pyridine rings is 1. The molecule has 1 aliphatic carbocycles. The molecule has 1 aromatic carbocycles. The number of methoxy groups -OCH3 is 1. The van der Waals surface area contributed by atoms with Crippen molar-refractivity contribution in [3.8, 4) is 11.6 Å². The van der Waals surface area contributed by atoms with Crippen LogP contribution in [-0.2, 0) is 11.3 Å². The fourth-order valence-corrected chi connectivity index (χ4v) is 3.82. The summed E-state index contributed by atoms with van der Waals surface area (Å²) in [5, 5.41) is 8.96. The van der Waals surface area contributed by atoms with Crippen LogP contribution in [0.25, 0.3) is 5.69 Å². The summed E-state index contributed by atoms with van der Waals surface area (Å²) < 4.78 is 13.5. The Hall–Kier alpha value is -2.73. The summed E-state index contributed by atoms with van der Waals surface area (Å²) in [6.45, 7) is 2.54.